The number of rotatable bonds is 2. The highest BCUT2D eigenvalue weighted by molar-refractivity contribution is 5.88. The first-order valence-electron chi connectivity index (χ1n) is 5.52. The monoisotopic (exact) mass is 197 g/mol. The highest BCUT2D eigenvalue weighted by Crippen LogP contribution is 2.36. The molecule has 1 heterocycles. The van der Waals surface area contributed by atoms with Crippen LogP contribution in [0.3, 0.4) is 0 Å². The highest BCUT2D eigenvalue weighted by Gasteiger charge is 2.46. The van der Waals surface area contributed by atoms with Gasteiger partial charge in [0.2, 0.25) is 0 Å². The molecule has 0 radical (unpaired) electrons. The van der Waals surface area contributed by atoms with Gasteiger partial charge in [-0.2, -0.15) is 0 Å². The molecule has 0 spiro atoms. The van der Waals surface area contributed by atoms with Gasteiger partial charge in [-0.15, -0.1) is 0 Å². The van der Waals surface area contributed by atoms with Crippen LogP contribution in [0.15, 0.2) is 0 Å². The van der Waals surface area contributed by atoms with Gasteiger partial charge in [-0.1, -0.05) is 12.8 Å². The van der Waals surface area contributed by atoms with E-state index in [-0.39, 0.29) is 12.0 Å². The minimum Gasteiger partial charge on any atom is -0.379 e. The molecule has 3 heteroatoms. The van der Waals surface area contributed by atoms with Crippen molar-refractivity contribution in [2.75, 3.05) is 13.2 Å². The van der Waals surface area contributed by atoms with Crippen molar-refractivity contribution >= 4 is 5.78 Å². The van der Waals surface area contributed by atoms with Crippen molar-refractivity contribution < 1.29 is 9.53 Å². The number of hydrogen-bond acceptors (Lipinski definition) is 3. The average Bonchev–Trinajstić information content (AvgIpc) is 2.77. The zero-order chi connectivity index (χ0) is 10.2. The van der Waals surface area contributed by atoms with Crippen molar-refractivity contribution in [3.63, 3.8) is 0 Å². The molecule has 0 aromatic rings. The Morgan fingerprint density at radius 1 is 1.43 bits per heavy atom. The van der Waals surface area contributed by atoms with Crippen LogP contribution in [0.25, 0.3) is 0 Å². The Hall–Kier alpha value is -0.410. The lowest BCUT2D eigenvalue weighted by Gasteiger charge is -2.28. The van der Waals surface area contributed by atoms with Gasteiger partial charge < -0.3 is 10.5 Å². The molecule has 0 aromatic carbocycles. The fraction of sp³-hybridized carbons (Fsp3) is 0.909. The van der Waals surface area contributed by atoms with Crippen LogP contribution in [-0.4, -0.2) is 25.0 Å². The van der Waals surface area contributed by atoms with Crippen LogP contribution in [0, 0.1) is 11.3 Å². The van der Waals surface area contributed by atoms with Crippen molar-refractivity contribution in [1.29, 1.82) is 0 Å². The molecule has 2 atom stereocenters. The summed E-state index contributed by atoms with van der Waals surface area (Å²) in [5.41, 5.74) is 5.53. The summed E-state index contributed by atoms with van der Waals surface area (Å²) in [5, 5.41) is 0. The fourth-order valence-electron chi connectivity index (χ4n) is 2.60. The zero-order valence-corrected chi connectivity index (χ0v) is 8.79. The normalized spacial score (nSPS) is 39.1. The van der Waals surface area contributed by atoms with E-state index in [1.165, 1.54) is 12.8 Å². The van der Waals surface area contributed by atoms with E-state index in [2.05, 4.69) is 0 Å². The Morgan fingerprint density at radius 2 is 2.07 bits per heavy atom. The molecule has 2 aliphatic rings. The predicted molar refractivity (Wildman–Crippen MR) is 53.9 cm³/mol. The van der Waals surface area contributed by atoms with Crippen molar-refractivity contribution in [3.05, 3.63) is 0 Å². The molecule has 0 bridgehead atoms. The second-order valence-corrected chi connectivity index (χ2v) is 4.88. The van der Waals surface area contributed by atoms with Gasteiger partial charge in [0.15, 0.2) is 0 Å². The molecule has 80 valence electrons. The second kappa shape index (κ2) is 3.63. The highest BCUT2D eigenvalue weighted by atomic mass is 16.5. The maximum absolute atomic E-state index is 12.2. The van der Waals surface area contributed by atoms with Gasteiger partial charge >= 0.3 is 0 Å². The maximum atomic E-state index is 12.2. The van der Waals surface area contributed by atoms with Gasteiger partial charge in [0.05, 0.1) is 18.6 Å². The van der Waals surface area contributed by atoms with Crippen LogP contribution in [0.2, 0.25) is 0 Å². The summed E-state index contributed by atoms with van der Waals surface area (Å²) in [6.45, 7) is 3.02. The first-order chi connectivity index (χ1) is 6.64. The average molecular weight is 197 g/mol. The summed E-state index contributed by atoms with van der Waals surface area (Å²) < 4.78 is 5.31. The van der Waals surface area contributed by atoms with Crippen molar-refractivity contribution in [1.82, 2.24) is 0 Å². The molecule has 1 saturated carbocycles. The Morgan fingerprint density at radius 3 is 2.57 bits per heavy atom. The number of carbonyl (C=O) groups is 1. The van der Waals surface area contributed by atoms with Gasteiger partial charge in [0.1, 0.15) is 5.78 Å². The summed E-state index contributed by atoms with van der Waals surface area (Å²) in [6, 6.07) is -0.101. The van der Waals surface area contributed by atoms with E-state index < -0.39 is 5.41 Å². The predicted octanol–water partition coefficient (Wildman–Crippen LogP) is 1.11. The summed E-state index contributed by atoms with van der Waals surface area (Å²) >= 11 is 0. The molecule has 1 saturated heterocycles. The van der Waals surface area contributed by atoms with E-state index in [4.69, 9.17) is 10.5 Å². The molecular formula is C11H19NO2. The quantitative estimate of drug-likeness (QED) is 0.721. The molecule has 1 aliphatic heterocycles. The van der Waals surface area contributed by atoms with Gasteiger partial charge in [0.25, 0.3) is 0 Å². The molecule has 0 aromatic heterocycles. The summed E-state index contributed by atoms with van der Waals surface area (Å²) in [7, 11) is 0. The van der Waals surface area contributed by atoms with Crippen LogP contribution in [-0.2, 0) is 9.53 Å². The van der Waals surface area contributed by atoms with E-state index in [0.29, 0.717) is 19.0 Å². The number of ketones is 1. The lowest BCUT2D eigenvalue weighted by molar-refractivity contribution is -0.132. The first kappa shape index (κ1) is 10.1. The Balaban J connectivity index is 2.08. The topological polar surface area (TPSA) is 52.3 Å². The summed E-state index contributed by atoms with van der Waals surface area (Å²) in [4.78, 5) is 12.2. The number of nitrogens with two attached hydrogens (primary N) is 1. The summed E-state index contributed by atoms with van der Waals surface area (Å²) in [5.74, 6) is 0.604. The number of Topliss-reactive ketones (excluding diaryl/α,β-unsaturated/α-hetero) is 1. The van der Waals surface area contributed by atoms with Crippen LogP contribution in [0.1, 0.15) is 32.6 Å². The lowest BCUT2D eigenvalue weighted by atomic mass is 9.76. The molecule has 2 N–H and O–H groups in total. The minimum absolute atomic E-state index is 0.101. The number of hydrogen-bond donors (Lipinski definition) is 1. The number of carbonyl (C=O) groups excluding carboxylic acids is 1. The third-order valence-corrected chi connectivity index (χ3v) is 3.81. The SMILES string of the molecule is CC1(C(=O)C2CCCC2)COCC1N. The Bertz CT molecular complexity index is 235. The molecular weight excluding hydrogens is 178 g/mol. The first-order valence-corrected chi connectivity index (χ1v) is 5.52. The van der Waals surface area contributed by atoms with Crippen LogP contribution in [0.5, 0.6) is 0 Å². The van der Waals surface area contributed by atoms with E-state index in [0.717, 1.165) is 12.8 Å². The Labute approximate surface area is 85.0 Å². The summed E-state index contributed by atoms with van der Waals surface area (Å²) in [6.07, 6.45) is 4.51. The van der Waals surface area contributed by atoms with Crippen LogP contribution >= 0.6 is 0 Å². The van der Waals surface area contributed by atoms with Gasteiger partial charge in [-0.25, -0.2) is 0 Å². The van der Waals surface area contributed by atoms with E-state index >= 15 is 0 Å². The largest absolute Gasteiger partial charge is 0.379 e. The van der Waals surface area contributed by atoms with Crippen LogP contribution in [0.4, 0.5) is 0 Å². The van der Waals surface area contributed by atoms with Gasteiger partial charge in [0, 0.05) is 12.0 Å². The van der Waals surface area contributed by atoms with E-state index in [1.54, 1.807) is 0 Å². The molecule has 1 aliphatic carbocycles. The fourth-order valence-corrected chi connectivity index (χ4v) is 2.60. The molecule has 0 amide bonds. The smallest absolute Gasteiger partial charge is 0.145 e. The molecule has 14 heavy (non-hydrogen) atoms. The van der Waals surface area contributed by atoms with E-state index in [9.17, 15) is 4.79 Å². The second-order valence-electron chi connectivity index (χ2n) is 4.88. The zero-order valence-electron chi connectivity index (χ0n) is 8.79. The van der Waals surface area contributed by atoms with Crippen LogP contribution < -0.4 is 5.73 Å². The van der Waals surface area contributed by atoms with Crippen molar-refractivity contribution in [2.45, 2.75) is 38.6 Å². The minimum atomic E-state index is -0.408. The third-order valence-electron chi connectivity index (χ3n) is 3.81. The van der Waals surface area contributed by atoms with Crippen molar-refractivity contribution in [3.8, 4) is 0 Å². The lowest BCUT2D eigenvalue weighted by Crippen LogP contribution is -2.46. The molecule has 2 fully saturated rings. The van der Waals surface area contributed by atoms with E-state index in [1.807, 2.05) is 6.92 Å². The maximum Gasteiger partial charge on any atom is 0.145 e. The standard InChI is InChI=1S/C11H19NO2/c1-11(7-14-6-9(11)12)10(13)8-4-2-3-5-8/h8-9H,2-7,12H2,1H3. The number of ether oxygens (including phenoxy) is 1. The van der Waals surface area contributed by atoms with Gasteiger partial charge in [-0.3, -0.25) is 4.79 Å². The molecule has 2 rings (SSSR count). The third kappa shape index (κ3) is 1.48. The van der Waals surface area contributed by atoms with Gasteiger partial charge in [-0.05, 0) is 19.8 Å². The molecule has 3 nitrogen and oxygen atoms in total. The molecule has 2 unspecified atom stereocenters. The van der Waals surface area contributed by atoms with Crippen molar-refractivity contribution in [2.24, 2.45) is 17.1 Å². The Kier molecular flexibility index (Phi) is 2.62.